The Bertz CT molecular complexity index is 552. The van der Waals surface area contributed by atoms with Crippen LogP contribution in [0.4, 0.5) is 0 Å². The average molecular weight is 517 g/mol. The molecule has 0 aromatic heterocycles. The van der Waals surface area contributed by atoms with Crippen LogP contribution in [0.3, 0.4) is 0 Å². The van der Waals surface area contributed by atoms with E-state index >= 15 is 0 Å². The number of hydrogen-bond donors (Lipinski definition) is 4. The molecule has 7 atom stereocenters. The highest BCUT2D eigenvalue weighted by Gasteiger charge is 2.43. The first-order chi connectivity index (χ1) is 15.2. The zero-order valence-electron chi connectivity index (χ0n) is 19.9. The van der Waals surface area contributed by atoms with Crippen LogP contribution in [0.25, 0.3) is 0 Å². The number of hydrogen-bond acceptors (Lipinski definition) is 9. The van der Waals surface area contributed by atoms with Gasteiger partial charge in [-0.05, 0) is 24.2 Å². The minimum atomic E-state index is -1.36. The fourth-order valence-corrected chi connectivity index (χ4v) is 5.15. The normalized spacial score (nSPS) is 26.9. The molecule has 1 saturated heterocycles. The number of carbonyl (C=O) groups is 2. The van der Waals surface area contributed by atoms with Crippen LogP contribution in [0.5, 0.6) is 0 Å². The maximum absolute atomic E-state index is 12.2. The molecule has 0 saturated carbocycles. The Morgan fingerprint density at radius 1 is 1.03 bits per heavy atom. The van der Waals surface area contributed by atoms with Crippen molar-refractivity contribution in [3.05, 3.63) is 0 Å². The lowest BCUT2D eigenvalue weighted by atomic mass is 9.94. The fraction of sp³-hybridized carbons (Fsp3) is 0.909. The summed E-state index contributed by atoms with van der Waals surface area (Å²) in [5, 5.41) is 39.2. The zero-order valence-corrected chi connectivity index (χ0v) is 21.4. The van der Waals surface area contributed by atoms with Gasteiger partial charge in [0.25, 0.3) is 0 Å². The van der Waals surface area contributed by atoms with Gasteiger partial charge in [0.2, 0.25) is 0 Å². The Kier molecular flexibility index (Phi) is 17.9. The summed E-state index contributed by atoms with van der Waals surface area (Å²) in [7, 11) is 1.53. The number of ketones is 2. The Morgan fingerprint density at radius 3 is 2.30 bits per heavy atom. The highest BCUT2D eigenvalue weighted by molar-refractivity contribution is 7.96. The van der Waals surface area contributed by atoms with Gasteiger partial charge in [-0.2, -0.15) is 0 Å². The van der Waals surface area contributed by atoms with Gasteiger partial charge in [0.05, 0.1) is 32.2 Å². The highest BCUT2D eigenvalue weighted by atomic mass is 35.5. The van der Waals surface area contributed by atoms with Gasteiger partial charge >= 0.3 is 0 Å². The number of aliphatic hydroxyl groups is 4. The first-order valence-corrected chi connectivity index (χ1v) is 13.2. The summed E-state index contributed by atoms with van der Waals surface area (Å²) >= 11 is 0. The Balaban J connectivity index is 0.0000102. The number of rotatable bonds is 17. The monoisotopic (exact) mass is 516 g/mol. The summed E-state index contributed by atoms with van der Waals surface area (Å²) in [6.07, 6.45) is -1.07. The van der Waals surface area contributed by atoms with E-state index in [1.165, 1.54) is 6.92 Å². The standard InChI is InChI=1S/C22H41O9S.ClH/c1-15(24)16(13-17(25)5-4-8-30-10-9-29-2)6-11-32(3)12-7-18-20(26)22(28)21(27)19(14-23)31-18;/h16,18-23,26-28H,4-14H2,1-3H3;1H/q+1;/p-1/t16-,18-,19-,20+,21+,22-,32?;/m1./s1. The Morgan fingerprint density at radius 2 is 1.70 bits per heavy atom. The predicted octanol–water partition coefficient (Wildman–Crippen LogP) is -3.53. The molecule has 4 N–H and O–H groups in total. The van der Waals surface area contributed by atoms with Gasteiger partial charge in [0.1, 0.15) is 47.5 Å². The lowest BCUT2D eigenvalue weighted by molar-refractivity contribution is -0.229. The second kappa shape index (κ2) is 18.0. The highest BCUT2D eigenvalue weighted by Crippen LogP contribution is 2.24. The van der Waals surface area contributed by atoms with Crippen LogP contribution in [0.1, 0.15) is 39.0 Å². The fourth-order valence-electron chi connectivity index (χ4n) is 3.62. The van der Waals surface area contributed by atoms with Crippen LogP contribution in [0.2, 0.25) is 0 Å². The molecule has 1 rings (SSSR count). The van der Waals surface area contributed by atoms with Crippen LogP contribution in [-0.2, 0) is 34.7 Å². The summed E-state index contributed by atoms with van der Waals surface area (Å²) in [6.45, 7) is 2.61. The largest absolute Gasteiger partial charge is 1.00 e. The number of carbonyl (C=O) groups excluding carboxylic acids is 2. The minimum Gasteiger partial charge on any atom is -1.00 e. The molecule has 1 fully saturated rings. The van der Waals surface area contributed by atoms with E-state index in [1.807, 2.05) is 0 Å². The number of aliphatic hydroxyl groups excluding tert-OH is 4. The summed E-state index contributed by atoms with van der Waals surface area (Å²) in [4.78, 5) is 24.2. The van der Waals surface area contributed by atoms with Crippen molar-refractivity contribution in [2.75, 3.05) is 51.3 Å². The molecule has 0 aromatic rings. The molecular weight excluding hydrogens is 476 g/mol. The second-order valence-corrected chi connectivity index (χ2v) is 10.8. The van der Waals surface area contributed by atoms with Crippen molar-refractivity contribution >= 4 is 22.5 Å². The maximum atomic E-state index is 12.2. The third kappa shape index (κ3) is 12.3. The van der Waals surface area contributed by atoms with Crippen molar-refractivity contribution in [3.8, 4) is 0 Å². The van der Waals surface area contributed by atoms with E-state index in [1.54, 1.807) is 7.11 Å². The first-order valence-electron chi connectivity index (χ1n) is 11.2. The average Bonchev–Trinajstić information content (AvgIpc) is 2.76. The van der Waals surface area contributed by atoms with Gasteiger partial charge in [-0.25, -0.2) is 0 Å². The quantitative estimate of drug-likeness (QED) is 0.114. The van der Waals surface area contributed by atoms with E-state index in [9.17, 15) is 30.0 Å². The Labute approximate surface area is 205 Å². The number of Topliss-reactive ketones (excluding diaryl/α,β-unsaturated/α-hetero) is 2. The van der Waals surface area contributed by atoms with Crippen molar-refractivity contribution in [2.24, 2.45) is 5.92 Å². The molecule has 1 aliphatic rings. The molecule has 1 unspecified atom stereocenters. The van der Waals surface area contributed by atoms with Gasteiger partial charge < -0.3 is 47.0 Å². The molecule has 9 nitrogen and oxygen atoms in total. The smallest absolute Gasteiger partial charge is 0.133 e. The lowest BCUT2D eigenvalue weighted by Gasteiger charge is -2.39. The Hall–Kier alpha value is -0.300. The van der Waals surface area contributed by atoms with E-state index in [4.69, 9.17) is 14.2 Å². The van der Waals surface area contributed by atoms with E-state index in [0.717, 1.165) is 5.75 Å². The van der Waals surface area contributed by atoms with Gasteiger partial charge in [-0.15, -0.1) is 0 Å². The zero-order chi connectivity index (χ0) is 24.1. The first kappa shape index (κ1) is 32.7. The van der Waals surface area contributed by atoms with Crippen LogP contribution in [0.15, 0.2) is 0 Å². The molecule has 0 bridgehead atoms. The van der Waals surface area contributed by atoms with Crippen LogP contribution < -0.4 is 12.4 Å². The van der Waals surface area contributed by atoms with Gasteiger partial charge in [-0.3, -0.25) is 9.59 Å². The van der Waals surface area contributed by atoms with Gasteiger partial charge in [0, 0.05) is 45.3 Å². The molecule has 11 heteroatoms. The molecule has 33 heavy (non-hydrogen) atoms. The maximum Gasteiger partial charge on any atom is 0.133 e. The third-order valence-electron chi connectivity index (χ3n) is 5.78. The molecule has 0 aromatic carbocycles. The summed E-state index contributed by atoms with van der Waals surface area (Å²) in [6, 6.07) is 0. The predicted molar refractivity (Wildman–Crippen MR) is 122 cm³/mol. The van der Waals surface area contributed by atoms with E-state index in [0.29, 0.717) is 51.3 Å². The van der Waals surface area contributed by atoms with Crippen molar-refractivity contribution in [2.45, 2.75) is 69.5 Å². The minimum absolute atomic E-state index is 0. The van der Waals surface area contributed by atoms with E-state index in [2.05, 4.69) is 6.26 Å². The SMILES string of the molecule is COCCOCCCC(=O)C[C@@H](CC[S+](C)CC[C@H]1O[C@H](CO)[C@H](O)[C@H](O)[C@H]1O)C(C)=O.[Cl-]. The molecule has 1 heterocycles. The summed E-state index contributed by atoms with van der Waals surface area (Å²) in [5.41, 5.74) is 0. The number of halogens is 1. The van der Waals surface area contributed by atoms with Crippen molar-refractivity contribution in [1.82, 2.24) is 0 Å². The van der Waals surface area contributed by atoms with Crippen LogP contribution in [-0.4, -0.2) is 114 Å². The van der Waals surface area contributed by atoms with Gasteiger partial charge in [-0.1, -0.05) is 0 Å². The van der Waals surface area contributed by atoms with E-state index in [-0.39, 0.29) is 47.2 Å². The second-order valence-electron chi connectivity index (χ2n) is 8.39. The molecule has 0 aliphatic carbocycles. The molecule has 1 aliphatic heterocycles. The van der Waals surface area contributed by atoms with Crippen LogP contribution in [0, 0.1) is 5.92 Å². The lowest BCUT2D eigenvalue weighted by Crippen LogP contribution is -3.00. The molecule has 0 radical (unpaired) electrons. The summed E-state index contributed by atoms with van der Waals surface area (Å²) in [5.74, 6) is 1.27. The van der Waals surface area contributed by atoms with Crippen molar-refractivity contribution in [3.63, 3.8) is 0 Å². The van der Waals surface area contributed by atoms with Gasteiger partial charge in [0.15, 0.2) is 0 Å². The number of ether oxygens (including phenoxy) is 3. The van der Waals surface area contributed by atoms with E-state index < -0.39 is 37.1 Å². The van der Waals surface area contributed by atoms with Crippen LogP contribution >= 0.6 is 0 Å². The molecule has 0 amide bonds. The summed E-state index contributed by atoms with van der Waals surface area (Å²) < 4.78 is 15.8. The third-order valence-corrected chi connectivity index (χ3v) is 7.65. The van der Waals surface area contributed by atoms with Crippen molar-refractivity contribution in [1.29, 1.82) is 0 Å². The van der Waals surface area contributed by atoms with Crippen molar-refractivity contribution < 1.29 is 56.6 Å². The molecule has 196 valence electrons. The number of methoxy groups -OCH3 is 1. The topological polar surface area (TPSA) is 143 Å². The molecule has 0 spiro atoms. The molecular formula is C22H41ClO9S.